The molecule has 17 heavy (non-hydrogen) atoms. The van der Waals surface area contributed by atoms with E-state index in [4.69, 9.17) is 0 Å². The van der Waals surface area contributed by atoms with Crippen molar-refractivity contribution >= 4 is 11.7 Å². The van der Waals surface area contributed by atoms with Crippen LogP contribution in [0, 0.1) is 0 Å². The lowest BCUT2D eigenvalue weighted by Gasteiger charge is -2.25. The summed E-state index contributed by atoms with van der Waals surface area (Å²) in [5.74, 6) is 0.594. The molecule has 1 fully saturated rings. The molecule has 5 heteroatoms. The summed E-state index contributed by atoms with van der Waals surface area (Å²) in [4.78, 5) is 11.7. The molecule has 0 atom stereocenters. The van der Waals surface area contributed by atoms with Gasteiger partial charge in [-0.2, -0.15) is 0 Å². The Morgan fingerprint density at radius 1 is 1.41 bits per heavy atom. The molecule has 1 saturated carbocycles. The third-order valence-electron chi connectivity index (χ3n) is 2.89. The van der Waals surface area contributed by atoms with Crippen LogP contribution >= 0.6 is 0 Å². The first-order valence-corrected chi connectivity index (χ1v) is 6.18. The summed E-state index contributed by atoms with van der Waals surface area (Å²) in [6.45, 7) is 2.95. The van der Waals surface area contributed by atoms with Gasteiger partial charge in [0.15, 0.2) is 5.69 Å². The smallest absolute Gasteiger partial charge is 0.272 e. The van der Waals surface area contributed by atoms with Crippen LogP contribution in [0.5, 0.6) is 0 Å². The van der Waals surface area contributed by atoms with Crippen molar-refractivity contribution in [2.24, 2.45) is 0 Å². The Balaban J connectivity index is 1.89. The zero-order chi connectivity index (χ0) is 12.1. The number of nitrogens with one attached hydrogen (secondary N) is 2. The Hall–Kier alpha value is -1.65. The molecule has 0 radical (unpaired) electrons. The van der Waals surface area contributed by atoms with Crippen LogP contribution in [-0.4, -0.2) is 28.7 Å². The molecule has 1 aliphatic carbocycles. The molecule has 1 aromatic rings. The number of nitrogens with zero attached hydrogens (tertiary/aromatic N) is 2. The van der Waals surface area contributed by atoms with Gasteiger partial charge in [0, 0.05) is 12.6 Å². The highest BCUT2D eigenvalue weighted by molar-refractivity contribution is 5.92. The van der Waals surface area contributed by atoms with Gasteiger partial charge in [0.1, 0.15) is 5.82 Å². The molecule has 2 N–H and O–H groups in total. The van der Waals surface area contributed by atoms with Gasteiger partial charge in [-0.25, -0.2) is 0 Å². The first-order valence-electron chi connectivity index (χ1n) is 6.18. The van der Waals surface area contributed by atoms with Gasteiger partial charge in [0.25, 0.3) is 5.91 Å². The molecule has 92 valence electrons. The Kier molecular flexibility index (Phi) is 3.90. The van der Waals surface area contributed by atoms with Gasteiger partial charge in [-0.1, -0.05) is 6.92 Å². The van der Waals surface area contributed by atoms with E-state index in [9.17, 15) is 4.79 Å². The van der Waals surface area contributed by atoms with Gasteiger partial charge in [-0.3, -0.25) is 4.79 Å². The van der Waals surface area contributed by atoms with E-state index < -0.39 is 0 Å². The highest BCUT2D eigenvalue weighted by Gasteiger charge is 2.20. The van der Waals surface area contributed by atoms with E-state index in [-0.39, 0.29) is 5.91 Å². The normalized spacial score (nSPS) is 15.1. The highest BCUT2D eigenvalue weighted by atomic mass is 16.2. The van der Waals surface area contributed by atoms with Crippen LogP contribution in [0.1, 0.15) is 43.1 Å². The second kappa shape index (κ2) is 5.61. The van der Waals surface area contributed by atoms with Crippen molar-refractivity contribution in [3.05, 3.63) is 17.8 Å². The van der Waals surface area contributed by atoms with Crippen molar-refractivity contribution in [1.29, 1.82) is 0 Å². The summed E-state index contributed by atoms with van der Waals surface area (Å²) in [7, 11) is 0. The maximum absolute atomic E-state index is 11.7. The molecule has 0 saturated heterocycles. The zero-order valence-corrected chi connectivity index (χ0v) is 10.1. The van der Waals surface area contributed by atoms with Crippen LogP contribution in [0.25, 0.3) is 0 Å². The van der Waals surface area contributed by atoms with Crippen LogP contribution in [0.3, 0.4) is 0 Å². The second-order valence-corrected chi connectivity index (χ2v) is 4.33. The molecule has 1 aromatic heterocycles. The fourth-order valence-corrected chi connectivity index (χ4v) is 1.61. The molecular formula is C12H18N4O. The molecular weight excluding hydrogens is 216 g/mol. The molecule has 2 rings (SSSR count). The van der Waals surface area contributed by atoms with E-state index in [2.05, 4.69) is 27.8 Å². The van der Waals surface area contributed by atoms with Gasteiger partial charge < -0.3 is 10.6 Å². The molecule has 1 heterocycles. The number of hydrogen-bond donors (Lipinski definition) is 2. The topological polar surface area (TPSA) is 66.9 Å². The van der Waals surface area contributed by atoms with Crippen molar-refractivity contribution in [3.8, 4) is 0 Å². The van der Waals surface area contributed by atoms with Crippen molar-refractivity contribution in [1.82, 2.24) is 15.5 Å². The molecule has 0 aliphatic heterocycles. The maximum atomic E-state index is 11.7. The van der Waals surface area contributed by atoms with Crippen molar-refractivity contribution in [3.63, 3.8) is 0 Å². The molecule has 1 amide bonds. The van der Waals surface area contributed by atoms with Gasteiger partial charge in [-0.05, 0) is 37.8 Å². The Labute approximate surface area is 101 Å². The van der Waals surface area contributed by atoms with E-state index in [0.717, 1.165) is 25.8 Å². The first kappa shape index (κ1) is 11.8. The molecule has 0 spiro atoms. The van der Waals surface area contributed by atoms with Crippen molar-refractivity contribution < 1.29 is 4.79 Å². The summed E-state index contributed by atoms with van der Waals surface area (Å²) in [5.41, 5.74) is 0.388. The SMILES string of the molecule is CCCNc1ccc(C(=O)NC2CCC2)nn1. The summed E-state index contributed by atoms with van der Waals surface area (Å²) in [6.07, 6.45) is 4.40. The fourth-order valence-electron chi connectivity index (χ4n) is 1.61. The fraction of sp³-hybridized carbons (Fsp3) is 0.583. The van der Waals surface area contributed by atoms with Crippen molar-refractivity contribution in [2.45, 2.75) is 38.6 Å². The number of hydrogen-bond acceptors (Lipinski definition) is 4. The Morgan fingerprint density at radius 3 is 2.76 bits per heavy atom. The zero-order valence-electron chi connectivity index (χ0n) is 10.1. The van der Waals surface area contributed by atoms with Crippen LogP contribution in [0.15, 0.2) is 12.1 Å². The Bertz CT molecular complexity index is 373. The number of carbonyl (C=O) groups excluding carboxylic acids is 1. The lowest BCUT2D eigenvalue weighted by atomic mass is 9.93. The van der Waals surface area contributed by atoms with Gasteiger partial charge >= 0.3 is 0 Å². The lowest BCUT2D eigenvalue weighted by Crippen LogP contribution is -2.39. The average molecular weight is 234 g/mol. The van der Waals surface area contributed by atoms with Crippen LogP contribution in [0.4, 0.5) is 5.82 Å². The highest BCUT2D eigenvalue weighted by Crippen LogP contribution is 2.18. The number of carbonyl (C=O) groups is 1. The van der Waals surface area contributed by atoms with Gasteiger partial charge in [0.2, 0.25) is 0 Å². The van der Waals surface area contributed by atoms with E-state index in [1.165, 1.54) is 6.42 Å². The molecule has 1 aliphatic rings. The van der Waals surface area contributed by atoms with E-state index >= 15 is 0 Å². The standard InChI is InChI=1S/C12H18N4O/c1-2-8-13-11-7-6-10(15-16-11)12(17)14-9-4-3-5-9/h6-7,9H,2-5,8H2,1H3,(H,13,16)(H,14,17). The quantitative estimate of drug-likeness (QED) is 0.811. The largest absolute Gasteiger partial charge is 0.369 e. The third kappa shape index (κ3) is 3.15. The van der Waals surface area contributed by atoms with Crippen LogP contribution in [-0.2, 0) is 0 Å². The summed E-state index contributed by atoms with van der Waals surface area (Å²) in [5, 5.41) is 13.9. The molecule has 0 unspecified atom stereocenters. The van der Waals surface area contributed by atoms with Gasteiger partial charge in [-0.15, -0.1) is 10.2 Å². The first-order chi connectivity index (χ1) is 8.29. The number of aromatic nitrogens is 2. The predicted molar refractivity (Wildman–Crippen MR) is 65.9 cm³/mol. The predicted octanol–water partition coefficient (Wildman–Crippen LogP) is 1.58. The van der Waals surface area contributed by atoms with Crippen LogP contribution in [0.2, 0.25) is 0 Å². The van der Waals surface area contributed by atoms with Crippen LogP contribution < -0.4 is 10.6 Å². The number of rotatable bonds is 5. The summed E-state index contributed by atoms with van der Waals surface area (Å²) < 4.78 is 0. The second-order valence-electron chi connectivity index (χ2n) is 4.33. The Morgan fingerprint density at radius 2 is 2.24 bits per heavy atom. The number of amides is 1. The van der Waals surface area contributed by atoms with E-state index in [1.807, 2.05) is 0 Å². The third-order valence-corrected chi connectivity index (χ3v) is 2.89. The lowest BCUT2D eigenvalue weighted by molar-refractivity contribution is 0.0911. The minimum absolute atomic E-state index is 0.121. The molecule has 5 nitrogen and oxygen atoms in total. The van der Waals surface area contributed by atoms with Gasteiger partial charge in [0.05, 0.1) is 0 Å². The molecule has 0 bridgehead atoms. The average Bonchev–Trinajstić information content (AvgIpc) is 2.31. The van der Waals surface area contributed by atoms with E-state index in [1.54, 1.807) is 12.1 Å². The molecule has 0 aromatic carbocycles. The van der Waals surface area contributed by atoms with E-state index in [0.29, 0.717) is 17.6 Å². The monoisotopic (exact) mass is 234 g/mol. The minimum atomic E-state index is -0.121. The maximum Gasteiger partial charge on any atom is 0.272 e. The summed E-state index contributed by atoms with van der Waals surface area (Å²) in [6, 6.07) is 3.83. The van der Waals surface area contributed by atoms with Crippen molar-refractivity contribution in [2.75, 3.05) is 11.9 Å². The number of anilines is 1. The summed E-state index contributed by atoms with van der Waals surface area (Å²) >= 11 is 0. The minimum Gasteiger partial charge on any atom is -0.369 e.